The third-order valence-electron chi connectivity index (χ3n) is 5.48. The zero-order valence-corrected chi connectivity index (χ0v) is 22.8. The molecule has 1 amide bonds. The molecule has 9 heteroatoms. The van der Waals surface area contributed by atoms with Crippen LogP contribution < -0.4 is 10.2 Å². The average Bonchev–Trinajstić information content (AvgIpc) is 3.43. The zero-order valence-electron chi connectivity index (χ0n) is 20.3. The molecule has 1 heterocycles. The van der Waals surface area contributed by atoms with Crippen LogP contribution in [0.25, 0.3) is 10.8 Å². The van der Waals surface area contributed by atoms with Crippen LogP contribution in [-0.2, 0) is 17.2 Å². The van der Waals surface area contributed by atoms with Gasteiger partial charge in [-0.2, -0.15) is 5.10 Å². The van der Waals surface area contributed by atoms with Crippen LogP contribution in [0.3, 0.4) is 0 Å². The van der Waals surface area contributed by atoms with Crippen molar-refractivity contribution in [3.8, 4) is 5.75 Å². The van der Waals surface area contributed by atoms with E-state index in [9.17, 15) is 4.79 Å². The number of hydrogen-bond acceptors (Lipinski definition) is 8. The summed E-state index contributed by atoms with van der Waals surface area (Å²) in [5.74, 6) is 1.61. The molecule has 0 saturated heterocycles. The van der Waals surface area contributed by atoms with Gasteiger partial charge in [0.05, 0.1) is 12.0 Å². The Labute approximate surface area is 233 Å². The van der Waals surface area contributed by atoms with Gasteiger partial charge >= 0.3 is 0 Å². The van der Waals surface area contributed by atoms with E-state index in [4.69, 9.17) is 4.74 Å². The fourth-order valence-electron chi connectivity index (χ4n) is 3.60. The van der Waals surface area contributed by atoms with Gasteiger partial charge in [-0.25, -0.2) is 5.43 Å². The minimum absolute atomic E-state index is 0.200. The van der Waals surface area contributed by atoms with E-state index < -0.39 is 0 Å². The van der Waals surface area contributed by atoms with Gasteiger partial charge in [0.2, 0.25) is 0 Å². The van der Waals surface area contributed by atoms with E-state index in [1.165, 1.54) is 39.4 Å². The van der Waals surface area contributed by atoms with Crippen molar-refractivity contribution in [1.82, 2.24) is 15.6 Å². The fraction of sp³-hybridized carbons (Fsp3) is 0.103. The second-order valence-corrected chi connectivity index (χ2v) is 11.6. The number of hydrazone groups is 1. The number of aromatic nitrogens is 2. The number of benzene rings is 4. The van der Waals surface area contributed by atoms with Gasteiger partial charge in [-0.05, 0) is 51.7 Å². The number of carbonyl (C=O) groups excluding carboxylic acids is 1. The molecule has 4 aromatic carbocycles. The first kappa shape index (κ1) is 26.0. The second-order valence-electron chi connectivity index (χ2n) is 8.19. The van der Waals surface area contributed by atoms with Crippen molar-refractivity contribution in [1.29, 1.82) is 0 Å². The monoisotopic (exact) mass is 556 g/mol. The Kier molecular flexibility index (Phi) is 9.04. The maximum atomic E-state index is 12.2. The molecule has 0 aliphatic carbocycles. The summed E-state index contributed by atoms with van der Waals surface area (Å²) in [5, 5.41) is 15.0. The van der Waals surface area contributed by atoms with Gasteiger partial charge in [0.15, 0.2) is 8.68 Å². The van der Waals surface area contributed by atoms with E-state index in [1.54, 1.807) is 18.0 Å². The van der Waals surface area contributed by atoms with Crippen molar-refractivity contribution < 1.29 is 9.53 Å². The lowest BCUT2D eigenvalue weighted by Crippen LogP contribution is -2.19. The number of nitrogens with one attached hydrogen (secondary N) is 1. The van der Waals surface area contributed by atoms with Crippen molar-refractivity contribution in [3.05, 3.63) is 114 Å². The Morgan fingerprint density at radius 3 is 2.45 bits per heavy atom. The summed E-state index contributed by atoms with van der Waals surface area (Å²) in [4.78, 5) is 12.2. The predicted molar refractivity (Wildman–Crippen MR) is 157 cm³/mol. The highest BCUT2D eigenvalue weighted by molar-refractivity contribution is 8.03. The quantitative estimate of drug-likeness (QED) is 0.109. The highest BCUT2D eigenvalue weighted by Crippen LogP contribution is 2.32. The average molecular weight is 557 g/mol. The molecule has 38 heavy (non-hydrogen) atoms. The normalized spacial score (nSPS) is 11.2. The highest BCUT2D eigenvalue weighted by atomic mass is 32.2. The van der Waals surface area contributed by atoms with E-state index in [0.717, 1.165) is 31.3 Å². The molecule has 1 N–H and O–H groups in total. The van der Waals surface area contributed by atoms with E-state index in [1.807, 2.05) is 54.6 Å². The lowest BCUT2D eigenvalue weighted by molar-refractivity contribution is -0.118. The van der Waals surface area contributed by atoms with Gasteiger partial charge in [0.1, 0.15) is 12.4 Å². The van der Waals surface area contributed by atoms with Crippen LogP contribution in [0.5, 0.6) is 5.75 Å². The maximum Gasteiger partial charge on any atom is 0.250 e. The minimum Gasteiger partial charge on any atom is -0.489 e. The molecule has 0 aliphatic heterocycles. The van der Waals surface area contributed by atoms with Crippen molar-refractivity contribution in [3.63, 3.8) is 0 Å². The molecule has 0 aliphatic rings. The molecule has 0 fully saturated rings. The van der Waals surface area contributed by atoms with Crippen LogP contribution in [0.15, 0.2) is 111 Å². The fourth-order valence-corrected chi connectivity index (χ4v) is 6.42. The molecule has 5 rings (SSSR count). The number of nitrogens with zero attached hydrogens (tertiary/aromatic N) is 3. The molecule has 0 bridgehead atoms. The number of ether oxygens (including phenoxy) is 1. The van der Waals surface area contributed by atoms with Crippen LogP contribution in [0, 0.1) is 0 Å². The summed E-state index contributed by atoms with van der Waals surface area (Å²) in [6.07, 6.45) is 1.61. The Bertz CT molecular complexity index is 1520. The molecule has 0 radical (unpaired) electrons. The summed E-state index contributed by atoms with van der Waals surface area (Å²) in [7, 11) is 0. The number of amides is 1. The Hall–Kier alpha value is -3.66. The van der Waals surface area contributed by atoms with Crippen molar-refractivity contribution >= 4 is 57.8 Å². The van der Waals surface area contributed by atoms with Crippen LogP contribution in [0.2, 0.25) is 0 Å². The topological polar surface area (TPSA) is 76.5 Å². The molecular weight excluding hydrogens is 533 g/mol. The van der Waals surface area contributed by atoms with Crippen molar-refractivity contribution in [2.45, 2.75) is 21.0 Å². The lowest BCUT2D eigenvalue weighted by Gasteiger charge is -2.06. The SMILES string of the molecule is O=C(CSc1nnc(SCc2cccc3ccccc23)s1)N/N=C\c1ccc(OCc2ccccc2)cc1. The summed E-state index contributed by atoms with van der Waals surface area (Å²) < 4.78 is 7.44. The van der Waals surface area contributed by atoms with Gasteiger partial charge < -0.3 is 4.74 Å². The Balaban J connectivity index is 1.04. The first-order chi connectivity index (χ1) is 18.7. The van der Waals surface area contributed by atoms with E-state index in [2.05, 4.69) is 63.2 Å². The van der Waals surface area contributed by atoms with Crippen LogP contribution in [-0.4, -0.2) is 28.1 Å². The summed E-state index contributed by atoms with van der Waals surface area (Å²) in [6.45, 7) is 0.515. The van der Waals surface area contributed by atoms with Crippen molar-refractivity contribution in [2.24, 2.45) is 5.10 Å². The third-order valence-corrected chi connectivity index (χ3v) is 8.72. The van der Waals surface area contributed by atoms with Gasteiger partial charge in [-0.1, -0.05) is 108 Å². The first-order valence-corrected chi connectivity index (χ1v) is 14.7. The standard InChI is InChI=1S/C29H24N4O2S3/c34-27(31-30-17-21-13-15-25(16-14-21)35-18-22-7-2-1-3-8-22)20-37-29-33-32-28(38-29)36-19-24-11-6-10-23-9-4-5-12-26(23)24/h1-17H,18-20H2,(H,31,34)/b30-17-. The van der Waals surface area contributed by atoms with Gasteiger partial charge in [-0.15, -0.1) is 10.2 Å². The van der Waals surface area contributed by atoms with Crippen LogP contribution in [0.1, 0.15) is 16.7 Å². The van der Waals surface area contributed by atoms with Gasteiger partial charge in [0.25, 0.3) is 5.91 Å². The molecular formula is C29H24N4O2S3. The van der Waals surface area contributed by atoms with Gasteiger partial charge in [0, 0.05) is 5.75 Å². The molecule has 0 unspecified atom stereocenters. The number of rotatable bonds is 11. The molecule has 5 aromatic rings. The molecule has 0 spiro atoms. The Morgan fingerprint density at radius 1 is 0.868 bits per heavy atom. The van der Waals surface area contributed by atoms with Crippen LogP contribution in [0.4, 0.5) is 0 Å². The largest absolute Gasteiger partial charge is 0.489 e. The third kappa shape index (κ3) is 7.44. The molecule has 190 valence electrons. The minimum atomic E-state index is -0.200. The van der Waals surface area contributed by atoms with E-state index >= 15 is 0 Å². The van der Waals surface area contributed by atoms with Gasteiger partial charge in [-0.3, -0.25) is 4.79 Å². The summed E-state index contributed by atoms with van der Waals surface area (Å²) >= 11 is 4.51. The number of fused-ring (bicyclic) bond motifs is 1. The van der Waals surface area contributed by atoms with Crippen molar-refractivity contribution in [2.75, 3.05) is 5.75 Å². The molecule has 0 atom stereocenters. The number of thioether (sulfide) groups is 2. The van der Waals surface area contributed by atoms with E-state index in [-0.39, 0.29) is 11.7 Å². The number of carbonyl (C=O) groups is 1. The Morgan fingerprint density at radius 2 is 1.61 bits per heavy atom. The maximum absolute atomic E-state index is 12.2. The lowest BCUT2D eigenvalue weighted by atomic mass is 10.1. The first-order valence-electron chi connectivity index (χ1n) is 11.9. The summed E-state index contributed by atoms with van der Waals surface area (Å²) in [6, 6.07) is 32.3. The molecule has 1 aromatic heterocycles. The molecule has 0 saturated carbocycles. The van der Waals surface area contributed by atoms with Crippen LogP contribution >= 0.6 is 34.9 Å². The smallest absolute Gasteiger partial charge is 0.250 e. The number of hydrogen-bond donors (Lipinski definition) is 1. The highest BCUT2D eigenvalue weighted by Gasteiger charge is 2.09. The van der Waals surface area contributed by atoms with E-state index in [0.29, 0.717) is 6.61 Å². The second kappa shape index (κ2) is 13.2. The summed E-state index contributed by atoms with van der Waals surface area (Å²) in [5.41, 5.74) is 5.81. The zero-order chi connectivity index (χ0) is 26.0. The molecule has 6 nitrogen and oxygen atoms in total. The predicted octanol–water partition coefficient (Wildman–Crippen LogP) is 6.81.